The van der Waals surface area contributed by atoms with Gasteiger partial charge in [0.1, 0.15) is 17.3 Å². The summed E-state index contributed by atoms with van der Waals surface area (Å²) in [5.74, 6) is 2.36. The maximum Gasteiger partial charge on any atom is 0.191 e. The molecule has 1 aromatic carbocycles. The molecule has 0 saturated carbocycles. The molecular formula is C21H30FIN4O2. The van der Waals surface area contributed by atoms with Gasteiger partial charge in [0.2, 0.25) is 0 Å². The third kappa shape index (κ3) is 6.68. The molecule has 1 aliphatic heterocycles. The van der Waals surface area contributed by atoms with Crippen LogP contribution in [0.1, 0.15) is 28.7 Å². The van der Waals surface area contributed by atoms with Gasteiger partial charge in [-0.2, -0.15) is 0 Å². The smallest absolute Gasteiger partial charge is 0.191 e. The van der Waals surface area contributed by atoms with Crippen LogP contribution < -0.4 is 10.6 Å². The lowest BCUT2D eigenvalue weighted by Gasteiger charge is -2.33. The van der Waals surface area contributed by atoms with Crippen LogP contribution in [0.2, 0.25) is 0 Å². The van der Waals surface area contributed by atoms with Crippen LogP contribution in [0, 0.1) is 19.7 Å². The Balaban J connectivity index is 0.00000300. The summed E-state index contributed by atoms with van der Waals surface area (Å²) in [4.78, 5) is 6.67. The number of guanidine groups is 1. The van der Waals surface area contributed by atoms with Gasteiger partial charge in [-0.15, -0.1) is 24.0 Å². The van der Waals surface area contributed by atoms with E-state index in [0.29, 0.717) is 24.6 Å². The quantitative estimate of drug-likeness (QED) is 0.350. The molecule has 0 radical (unpaired) electrons. The highest BCUT2D eigenvalue weighted by molar-refractivity contribution is 14.0. The number of ether oxygens (including phenoxy) is 1. The van der Waals surface area contributed by atoms with Crippen molar-refractivity contribution in [2.75, 3.05) is 39.9 Å². The molecule has 0 aliphatic carbocycles. The van der Waals surface area contributed by atoms with E-state index in [1.807, 2.05) is 25.1 Å². The summed E-state index contributed by atoms with van der Waals surface area (Å²) in [5, 5.41) is 6.68. The van der Waals surface area contributed by atoms with Crippen LogP contribution in [0.4, 0.5) is 4.39 Å². The predicted molar refractivity (Wildman–Crippen MR) is 123 cm³/mol. The molecule has 2 N–H and O–H groups in total. The molecule has 2 heterocycles. The largest absolute Gasteiger partial charge is 0.465 e. The molecule has 0 bridgehead atoms. The Morgan fingerprint density at radius 3 is 2.55 bits per heavy atom. The van der Waals surface area contributed by atoms with Crippen LogP contribution in [0.15, 0.2) is 39.7 Å². The number of halogens is 2. The van der Waals surface area contributed by atoms with E-state index < -0.39 is 0 Å². The van der Waals surface area contributed by atoms with Gasteiger partial charge in [0, 0.05) is 33.2 Å². The Kier molecular flexibility index (Phi) is 9.38. The number of rotatable bonds is 6. The molecule has 1 aliphatic rings. The minimum atomic E-state index is -0.187. The van der Waals surface area contributed by atoms with Crippen LogP contribution in [0.25, 0.3) is 0 Å². The number of hydrogen-bond acceptors (Lipinski definition) is 4. The lowest BCUT2D eigenvalue weighted by atomic mass is 10.1. The number of nitrogens with zero attached hydrogens (tertiary/aromatic N) is 2. The fraction of sp³-hybridized carbons (Fsp3) is 0.476. The predicted octanol–water partition coefficient (Wildman–Crippen LogP) is 3.39. The van der Waals surface area contributed by atoms with Gasteiger partial charge in [0.25, 0.3) is 0 Å². The Bertz CT molecular complexity index is 806. The molecular weight excluding hydrogens is 486 g/mol. The number of furan rings is 1. The van der Waals surface area contributed by atoms with Gasteiger partial charge in [0.05, 0.1) is 19.3 Å². The normalized spacial score (nSPS) is 16.2. The van der Waals surface area contributed by atoms with Gasteiger partial charge >= 0.3 is 0 Å². The Morgan fingerprint density at radius 1 is 1.17 bits per heavy atom. The van der Waals surface area contributed by atoms with Crippen molar-refractivity contribution in [1.29, 1.82) is 0 Å². The first-order valence-corrected chi connectivity index (χ1v) is 9.64. The van der Waals surface area contributed by atoms with Crippen LogP contribution in [0.3, 0.4) is 0 Å². The summed E-state index contributed by atoms with van der Waals surface area (Å²) in [5.41, 5.74) is 1.65. The van der Waals surface area contributed by atoms with Crippen LogP contribution >= 0.6 is 24.0 Å². The molecule has 1 unspecified atom stereocenters. The molecule has 8 heteroatoms. The highest BCUT2D eigenvalue weighted by atomic mass is 127. The first-order valence-electron chi connectivity index (χ1n) is 9.64. The van der Waals surface area contributed by atoms with Crippen molar-refractivity contribution in [3.8, 4) is 0 Å². The minimum absolute atomic E-state index is 0. The monoisotopic (exact) mass is 516 g/mol. The zero-order valence-electron chi connectivity index (χ0n) is 17.2. The lowest BCUT2D eigenvalue weighted by Crippen LogP contribution is -2.46. The summed E-state index contributed by atoms with van der Waals surface area (Å²) in [6.07, 6.45) is 0. The fourth-order valence-corrected chi connectivity index (χ4v) is 3.35. The van der Waals surface area contributed by atoms with Crippen LogP contribution in [-0.2, 0) is 11.3 Å². The van der Waals surface area contributed by atoms with Gasteiger partial charge in [-0.3, -0.25) is 9.89 Å². The second-order valence-corrected chi connectivity index (χ2v) is 7.00. The second-order valence-electron chi connectivity index (χ2n) is 7.00. The topological polar surface area (TPSA) is 62.0 Å². The first-order chi connectivity index (χ1) is 13.6. The molecule has 1 atom stereocenters. The summed E-state index contributed by atoms with van der Waals surface area (Å²) < 4.78 is 24.8. The van der Waals surface area contributed by atoms with Crippen molar-refractivity contribution in [3.63, 3.8) is 0 Å². The van der Waals surface area contributed by atoms with E-state index in [2.05, 4.69) is 20.5 Å². The van der Waals surface area contributed by atoms with Crippen molar-refractivity contribution < 1.29 is 13.5 Å². The maximum absolute atomic E-state index is 13.4. The number of nitrogens with one attached hydrogen (secondary N) is 2. The van der Waals surface area contributed by atoms with Gasteiger partial charge < -0.3 is 19.8 Å². The van der Waals surface area contributed by atoms with E-state index in [9.17, 15) is 4.39 Å². The maximum atomic E-state index is 13.4. The number of morpholine rings is 1. The average molecular weight is 516 g/mol. The Morgan fingerprint density at radius 2 is 1.93 bits per heavy atom. The van der Waals surface area contributed by atoms with Gasteiger partial charge in [-0.05, 0) is 43.2 Å². The molecule has 0 spiro atoms. The molecule has 29 heavy (non-hydrogen) atoms. The number of aryl methyl sites for hydroxylation is 2. The third-order valence-corrected chi connectivity index (χ3v) is 4.94. The summed E-state index contributed by atoms with van der Waals surface area (Å²) in [6, 6.07) is 9.25. The van der Waals surface area contributed by atoms with E-state index in [-0.39, 0.29) is 35.8 Å². The summed E-state index contributed by atoms with van der Waals surface area (Å²) in [6.45, 7) is 8.15. The number of benzene rings is 1. The van der Waals surface area contributed by atoms with E-state index in [0.717, 1.165) is 43.4 Å². The molecule has 0 amide bonds. The SMILES string of the molecule is CN=C(NCc1ccc(F)c(C)c1)NCC(c1ccc(C)o1)N1CCOCC1.I. The van der Waals surface area contributed by atoms with E-state index in [4.69, 9.17) is 9.15 Å². The molecule has 160 valence electrons. The van der Waals surface area contributed by atoms with Gasteiger partial charge in [0.15, 0.2) is 5.96 Å². The number of hydrogen-bond donors (Lipinski definition) is 2. The minimum Gasteiger partial charge on any atom is -0.465 e. The van der Waals surface area contributed by atoms with Gasteiger partial charge in [-0.1, -0.05) is 12.1 Å². The molecule has 3 rings (SSSR count). The fourth-order valence-electron chi connectivity index (χ4n) is 3.35. The van der Waals surface area contributed by atoms with Gasteiger partial charge in [-0.25, -0.2) is 4.39 Å². The third-order valence-electron chi connectivity index (χ3n) is 4.94. The van der Waals surface area contributed by atoms with Crippen LogP contribution in [-0.4, -0.2) is 50.8 Å². The molecule has 1 aromatic heterocycles. The highest BCUT2D eigenvalue weighted by Gasteiger charge is 2.25. The number of aliphatic imine (C=N–C) groups is 1. The molecule has 6 nitrogen and oxygen atoms in total. The standard InChI is InChI=1S/C21H29FN4O2.HI/c1-15-12-17(5-6-18(15)22)13-24-21(23-3)25-14-19(20-7-4-16(2)28-20)26-8-10-27-11-9-26;/h4-7,12,19H,8-11,13-14H2,1-3H3,(H2,23,24,25);1H. The van der Waals surface area contributed by atoms with Crippen molar-refractivity contribution in [3.05, 3.63) is 58.8 Å². The van der Waals surface area contributed by atoms with Crippen molar-refractivity contribution in [1.82, 2.24) is 15.5 Å². The zero-order valence-corrected chi connectivity index (χ0v) is 19.5. The molecule has 2 aromatic rings. The van der Waals surface area contributed by atoms with E-state index >= 15 is 0 Å². The Labute approximate surface area is 188 Å². The zero-order chi connectivity index (χ0) is 19.9. The average Bonchev–Trinajstić information content (AvgIpc) is 3.14. The first kappa shape index (κ1) is 23.6. The van der Waals surface area contributed by atoms with E-state index in [1.54, 1.807) is 20.0 Å². The van der Waals surface area contributed by atoms with Crippen molar-refractivity contribution in [2.45, 2.75) is 26.4 Å². The van der Waals surface area contributed by atoms with Crippen molar-refractivity contribution in [2.24, 2.45) is 4.99 Å². The second kappa shape index (κ2) is 11.5. The Hall–Kier alpha value is -1.65. The summed E-state index contributed by atoms with van der Waals surface area (Å²) in [7, 11) is 1.74. The van der Waals surface area contributed by atoms with E-state index in [1.165, 1.54) is 6.07 Å². The molecule has 1 saturated heterocycles. The van der Waals surface area contributed by atoms with Crippen LogP contribution in [0.5, 0.6) is 0 Å². The highest BCUT2D eigenvalue weighted by Crippen LogP contribution is 2.23. The summed E-state index contributed by atoms with van der Waals surface area (Å²) >= 11 is 0. The molecule has 1 fully saturated rings. The van der Waals surface area contributed by atoms with Crippen molar-refractivity contribution >= 4 is 29.9 Å². The lowest BCUT2D eigenvalue weighted by molar-refractivity contribution is 0.0124.